The highest BCUT2D eigenvalue weighted by atomic mass is 14.9. The van der Waals surface area contributed by atoms with Gasteiger partial charge in [-0.3, -0.25) is 0 Å². The molecule has 0 bridgehead atoms. The van der Waals surface area contributed by atoms with E-state index in [0.29, 0.717) is 6.04 Å². The number of hydrogen-bond donors (Lipinski definition) is 1. The average molecular weight is 213 g/mol. The normalized spacial score (nSPS) is 23.4. The lowest BCUT2D eigenvalue weighted by Crippen LogP contribution is -2.40. The van der Waals surface area contributed by atoms with Crippen LogP contribution in [-0.4, -0.2) is 12.6 Å². The van der Waals surface area contributed by atoms with Crippen molar-refractivity contribution in [3.05, 3.63) is 35.9 Å². The molecule has 1 fully saturated rings. The SMILES string of the molecule is C#CCCCNC1CC(c2ccccc2)C1. The predicted molar refractivity (Wildman–Crippen MR) is 68.3 cm³/mol. The van der Waals surface area contributed by atoms with E-state index in [9.17, 15) is 0 Å². The van der Waals surface area contributed by atoms with Gasteiger partial charge in [0.1, 0.15) is 0 Å². The minimum absolute atomic E-state index is 0.711. The van der Waals surface area contributed by atoms with Crippen molar-refractivity contribution in [2.45, 2.75) is 37.6 Å². The molecule has 1 aromatic carbocycles. The van der Waals surface area contributed by atoms with Crippen LogP contribution in [0, 0.1) is 12.3 Å². The van der Waals surface area contributed by atoms with E-state index in [1.807, 2.05) is 0 Å². The molecule has 0 heterocycles. The first-order valence-electron chi connectivity index (χ1n) is 6.12. The summed E-state index contributed by atoms with van der Waals surface area (Å²) in [7, 11) is 0. The maximum absolute atomic E-state index is 5.21. The summed E-state index contributed by atoms with van der Waals surface area (Å²) < 4.78 is 0. The molecule has 0 unspecified atom stereocenters. The van der Waals surface area contributed by atoms with E-state index < -0.39 is 0 Å². The Hall–Kier alpha value is -1.26. The maximum atomic E-state index is 5.21. The minimum atomic E-state index is 0.711. The first kappa shape index (κ1) is 11.2. The Balaban J connectivity index is 1.65. The van der Waals surface area contributed by atoms with Crippen LogP contribution in [0.5, 0.6) is 0 Å². The van der Waals surface area contributed by atoms with Crippen LogP contribution in [-0.2, 0) is 0 Å². The molecule has 1 saturated carbocycles. The average Bonchev–Trinajstić information content (AvgIpc) is 2.28. The molecule has 0 spiro atoms. The smallest absolute Gasteiger partial charge is 0.00981 e. The second-order valence-electron chi connectivity index (χ2n) is 4.54. The zero-order valence-electron chi connectivity index (χ0n) is 9.65. The highest BCUT2D eigenvalue weighted by Gasteiger charge is 2.29. The lowest BCUT2D eigenvalue weighted by molar-refractivity contribution is 0.291. The molecule has 0 saturated heterocycles. The Morgan fingerprint density at radius 1 is 1.25 bits per heavy atom. The lowest BCUT2D eigenvalue weighted by Gasteiger charge is -2.36. The summed E-state index contributed by atoms with van der Waals surface area (Å²) in [6, 6.07) is 11.5. The summed E-state index contributed by atoms with van der Waals surface area (Å²) in [4.78, 5) is 0. The van der Waals surface area contributed by atoms with Crippen molar-refractivity contribution in [2.75, 3.05) is 6.54 Å². The van der Waals surface area contributed by atoms with E-state index in [1.54, 1.807) is 0 Å². The van der Waals surface area contributed by atoms with Crippen molar-refractivity contribution in [1.29, 1.82) is 0 Å². The van der Waals surface area contributed by atoms with Crippen LogP contribution in [0.15, 0.2) is 30.3 Å². The fraction of sp³-hybridized carbons (Fsp3) is 0.467. The van der Waals surface area contributed by atoms with Gasteiger partial charge in [-0.05, 0) is 37.3 Å². The van der Waals surface area contributed by atoms with E-state index >= 15 is 0 Å². The highest BCUT2D eigenvalue weighted by Crippen LogP contribution is 2.36. The zero-order valence-corrected chi connectivity index (χ0v) is 9.65. The fourth-order valence-corrected chi connectivity index (χ4v) is 2.28. The second-order valence-corrected chi connectivity index (χ2v) is 4.54. The lowest BCUT2D eigenvalue weighted by atomic mass is 9.76. The summed E-state index contributed by atoms with van der Waals surface area (Å²) >= 11 is 0. The molecular weight excluding hydrogens is 194 g/mol. The molecule has 84 valence electrons. The molecular formula is C15H19N. The number of benzene rings is 1. The Kier molecular flexibility index (Phi) is 4.02. The van der Waals surface area contributed by atoms with Crippen LogP contribution < -0.4 is 5.32 Å². The van der Waals surface area contributed by atoms with Gasteiger partial charge in [-0.1, -0.05) is 30.3 Å². The number of terminal acetylenes is 1. The number of nitrogens with one attached hydrogen (secondary N) is 1. The van der Waals surface area contributed by atoms with Gasteiger partial charge < -0.3 is 5.32 Å². The van der Waals surface area contributed by atoms with E-state index in [1.165, 1.54) is 18.4 Å². The Labute approximate surface area is 98.3 Å². The molecule has 2 rings (SSSR count). The van der Waals surface area contributed by atoms with Gasteiger partial charge >= 0.3 is 0 Å². The highest BCUT2D eigenvalue weighted by molar-refractivity contribution is 5.22. The predicted octanol–water partition coefficient (Wildman–Crippen LogP) is 2.94. The molecule has 1 N–H and O–H groups in total. The van der Waals surface area contributed by atoms with Gasteiger partial charge in [-0.15, -0.1) is 12.3 Å². The molecule has 0 radical (unpaired) electrons. The Morgan fingerprint density at radius 2 is 2.00 bits per heavy atom. The van der Waals surface area contributed by atoms with Crippen LogP contribution in [0.1, 0.15) is 37.2 Å². The van der Waals surface area contributed by atoms with Gasteiger partial charge in [0.15, 0.2) is 0 Å². The summed E-state index contributed by atoms with van der Waals surface area (Å²) in [5, 5.41) is 3.56. The summed E-state index contributed by atoms with van der Waals surface area (Å²) in [5.41, 5.74) is 1.49. The first-order chi connectivity index (χ1) is 7.90. The Bertz CT molecular complexity index is 343. The van der Waals surface area contributed by atoms with Crippen molar-refractivity contribution in [2.24, 2.45) is 0 Å². The summed E-state index contributed by atoms with van der Waals surface area (Å²) in [6.45, 7) is 1.07. The minimum Gasteiger partial charge on any atom is -0.314 e. The fourth-order valence-electron chi connectivity index (χ4n) is 2.28. The summed E-state index contributed by atoms with van der Waals surface area (Å²) in [6.07, 6.45) is 9.76. The zero-order chi connectivity index (χ0) is 11.2. The van der Waals surface area contributed by atoms with E-state index in [2.05, 4.69) is 41.6 Å². The Morgan fingerprint density at radius 3 is 2.69 bits per heavy atom. The third-order valence-corrected chi connectivity index (χ3v) is 3.34. The van der Waals surface area contributed by atoms with Crippen LogP contribution in [0.2, 0.25) is 0 Å². The number of unbranched alkanes of at least 4 members (excludes halogenated alkanes) is 1. The molecule has 1 aliphatic rings. The maximum Gasteiger partial charge on any atom is 0.00981 e. The van der Waals surface area contributed by atoms with Crippen molar-refractivity contribution in [3.8, 4) is 12.3 Å². The molecule has 1 nitrogen and oxygen atoms in total. The molecule has 16 heavy (non-hydrogen) atoms. The first-order valence-corrected chi connectivity index (χ1v) is 6.12. The molecule has 0 aromatic heterocycles. The van der Waals surface area contributed by atoms with Crippen molar-refractivity contribution >= 4 is 0 Å². The van der Waals surface area contributed by atoms with Crippen LogP contribution >= 0.6 is 0 Å². The van der Waals surface area contributed by atoms with Gasteiger partial charge in [0.2, 0.25) is 0 Å². The molecule has 1 aromatic rings. The monoisotopic (exact) mass is 213 g/mol. The molecule has 1 heteroatoms. The standard InChI is InChI=1S/C15H19N/c1-2-3-7-10-16-15-11-14(12-15)13-8-5-4-6-9-13/h1,4-6,8-9,14-16H,3,7,10-12H2. The number of hydrogen-bond acceptors (Lipinski definition) is 1. The van der Waals surface area contributed by atoms with Crippen LogP contribution in [0.25, 0.3) is 0 Å². The van der Waals surface area contributed by atoms with Crippen molar-refractivity contribution < 1.29 is 0 Å². The van der Waals surface area contributed by atoms with Gasteiger partial charge in [0.25, 0.3) is 0 Å². The van der Waals surface area contributed by atoms with E-state index in [4.69, 9.17) is 6.42 Å². The largest absolute Gasteiger partial charge is 0.314 e. The van der Waals surface area contributed by atoms with E-state index in [-0.39, 0.29) is 0 Å². The molecule has 0 aliphatic heterocycles. The van der Waals surface area contributed by atoms with Gasteiger partial charge in [-0.25, -0.2) is 0 Å². The molecule has 0 atom stereocenters. The van der Waals surface area contributed by atoms with Gasteiger partial charge in [-0.2, -0.15) is 0 Å². The van der Waals surface area contributed by atoms with Gasteiger partial charge in [0.05, 0.1) is 0 Å². The third-order valence-electron chi connectivity index (χ3n) is 3.34. The third kappa shape index (κ3) is 2.87. The van der Waals surface area contributed by atoms with Crippen molar-refractivity contribution in [1.82, 2.24) is 5.32 Å². The van der Waals surface area contributed by atoms with E-state index in [0.717, 1.165) is 25.3 Å². The summed E-state index contributed by atoms with van der Waals surface area (Å²) in [5.74, 6) is 3.44. The van der Waals surface area contributed by atoms with Crippen LogP contribution in [0.3, 0.4) is 0 Å². The second kappa shape index (κ2) is 5.72. The van der Waals surface area contributed by atoms with Gasteiger partial charge in [0, 0.05) is 12.5 Å². The quantitative estimate of drug-likeness (QED) is 0.586. The molecule has 1 aliphatic carbocycles. The number of rotatable bonds is 5. The van der Waals surface area contributed by atoms with Crippen LogP contribution in [0.4, 0.5) is 0 Å². The molecule has 0 amide bonds. The topological polar surface area (TPSA) is 12.0 Å². The van der Waals surface area contributed by atoms with Crippen molar-refractivity contribution in [3.63, 3.8) is 0 Å².